The lowest BCUT2D eigenvalue weighted by Crippen LogP contribution is -2.20. The van der Waals surface area contributed by atoms with Crippen molar-refractivity contribution < 1.29 is 13.9 Å². The van der Waals surface area contributed by atoms with E-state index < -0.39 is 6.36 Å². The first-order valence-electron chi connectivity index (χ1n) is 11.9. The second kappa shape index (κ2) is 8.81. The number of para-hydroxylation sites is 1. The Labute approximate surface area is 201 Å². The molecule has 0 radical (unpaired) electrons. The number of ether oxygens (including phenoxy) is 2. The molecule has 1 saturated heterocycles. The molecule has 4 aromatic rings. The lowest BCUT2D eigenvalue weighted by atomic mass is 10.0. The maximum Gasteiger partial charge on any atom is 0.274 e. The molecule has 2 aliphatic rings. The molecule has 35 heavy (non-hydrogen) atoms. The number of nitrogens with zero attached hydrogens (tertiary/aromatic N) is 4. The SMILES string of the molecule is CC(F)Oc1ccccc1[C@@H]1CCn2c(=O)c3ccc(-c4cnc(N[C@@H]5CCOC5)nc4)cc3n21. The molecule has 1 unspecified atom stereocenters. The summed E-state index contributed by atoms with van der Waals surface area (Å²) in [4.78, 5) is 22.1. The van der Waals surface area contributed by atoms with Crippen LogP contribution in [0.5, 0.6) is 5.75 Å². The number of fused-ring (bicyclic) bond motifs is 3. The minimum absolute atomic E-state index is 0.0270. The van der Waals surface area contributed by atoms with Crippen LogP contribution < -0.4 is 15.6 Å². The van der Waals surface area contributed by atoms with Crippen molar-refractivity contribution in [1.82, 2.24) is 19.3 Å². The third-order valence-corrected chi connectivity index (χ3v) is 6.69. The number of alkyl halides is 1. The molecule has 2 aromatic heterocycles. The number of aromatic nitrogens is 4. The average molecular weight is 476 g/mol. The third kappa shape index (κ3) is 3.95. The summed E-state index contributed by atoms with van der Waals surface area (Å²) in [5.41, 5.74) is 3.43. The molecule has 0 saturated carbocycles. The van der Waals surface area contributed by atoms with Gasteiger partial charge in [-0.2, -0.15) is 0 Å². The Kier molecular flexibility index (Phi) is 5.49. The fourth-order valence-electron chi connectivity index (χ4n) is 5.07. The molecule has 1 N–H and O–H groups in total. The van der Waals surface area contributed by atoms with Crippen LogP contribution in [0, 0.1) is 0 Å². The van der Waals surface area contributed by atoms with E-state index in [9.17, 15) is 9.18 Å². The normalized spacial score (nSPS) is 20.2. The van der Waals surface area contributed by atoms with Gasteiger partial charge in [0.1, 0.15) is 5.75 Å². The van der Waals surface area contributed by atoms with E-state index in [1.165, 1.54) is 6.92 Å². The number of hydrogen-bond donors (Lipinski definition) is 1. The molecule has 4 heterocycles. The van der Waals surface area contributed by atoms with Crippen molar-refractivity contribution in [3.8, 4) is 16.9 Å². The van der Waals surface area contributed by atoms with Gasteiger partial charge in [-0.05, 0) is 36.6 Å². The van der Waals surface area contributed by atoms with Crippen molar-refractivity contribution >= 4 is 16.9 Å². The number of hydrogen-bond acceptors (Lipinski definition) is 6. The Balaban J connectivity index is 1.37. The first-order chi connectivity index (χ1) is 17.1. The summed E-state index contributed by atoms with van der Waals surface area (Å²) < 4.78 is 28.3. The van der Waals surface area contributed by atoms with E-state index in [0.717, 1.165) is 41.7 Å². The smallest absolute Gasteiger partial charge is 0.274 e. The fourth-order valence-corrected chi connectivity index (χ4v) is 5.07. The lowest BCUT2D eigenvalue weighted by Gasteiger charge is -2.19. The Bertz CT molecular complexity index is 1420. The fraction of sp³-hybridized carbons (Fsp3) is 0.346. The van der Waals surface area contributed by atoms with E-state index in [1.54, 1.807) is 23.1 Å². The molecular weight excluding hydrogens is 449 g/mol. The molecule has 1 fully saturated rings. The van der Waals surface area contributed by atoms with Crippen LogP contribution in [0.1, 0.15) is 31.4 Å². The molecular formula is C26H26FN5O3. The molecule has 0 spiro atoms. The second-order valence-electron chi connectivity index (χ2n) is 9.01. The van der Waals surface area contributed by atoms with Crippen LogP contribution in [-0.2, 0) is 11.3 Å². The van der Waals surface area contributed by atoms with Crippen LogP contribution in [-0.4, -0.2) is 44.9 Å². The molecule has 0 amide bonds. The highest BCUT2D eigenvalue weighted by Gasteiger charge is 2.30. The van der Waals surface area contributed by atoms with E-state index in [4.69, 9.17) is 9.47 Å². The maximum atomic E-state index is 13.7. The second-order valence-corrected chi connectivity index (χ2v) is 9.01. The highest BCUT2D eigenvalue weighted by Crippen LogP contribution is 2.37. The van der Waals surface area contributed by atoms with Crippen LogP contribution >= 0.6 is 0 Å². The molecule has 9 heteroatoms. The van der Waals surface area contributed by atoms with E-state index in [2.05, 4.69) is 15.3 Å². The van der Waals surface area contributed by atoms with Gasteiger partial charge in [-0.3, -0.25) is 9.48 Å². The van der Waals surface area contributed by atoms with Crippen LogP contribution in [0.25, 0.3) is 22.0 Å². The summed E-state index contributed by atoms with van der Waals surface area (Å²) in [6, 6.07) is 13.3. The number of rotatable bonds is 6. The molecule has 180 valence electrons. The summed E-state index contributed by atoms with van der Waals surface area (Å²) in [6.07, 6.45) is 3.82. The van der Waals surface area contributed by atoms with Gasteiger partial charge < -0.3 is 14.8 Å². The highest BCUT2D eigenvalue weighted by atomic mass is 19.1. The van der Waals surface area contributed by atoms with Crippen LogP contribution in [0.2, 0.25) is 0 Å². The van der Waals surface area contributed by atoms with E-state index >= 15 is 0 Å². The molecule has 3 atom stereocenters. The summed E-state index contributed by atoms with van der Waals surface area (Å²) in [5, 5.41) is 3.94. The van der Waals surface area contributed by atoms with Crippen molar-refractivity contribution in [2.75, 3.05) is 18.5 Å². The summed E-state index contributed by atoms with van der Waals surface area (Å²) in [5.74, 6) is 1.07. The largest absolute Gasteiger partial charge is 0.460 e. The number of halogens is 1. The predicted octanol–water partition coefficient (Wildman–Crippen LogP) is 4.15. The first kappa shape index (κ1) is 21.8. The molecule has 6 rings (SSSR count). The minimum atomic E-state index is -1.42. The highest BCUT2D eigenvalue weighted by molar-refractivity contribution is 5.84. The Morgan fingerprint density at radius 3 is 2.74 bits per heavy atom. The lowest BCUT2D eigenvalue weighted by molar-refractivity contribution is 0.0843. The van der Waals surface area contributed by atoms with Crippen molar-refractivity contribution in [3.05, 3.63) is 70.8 Å². The van der Waals surface area contributed by atoms with Gasteiger partial charge in [0.25, 0.3) is 5.56 Å². The Morgan fingerprint density at radius 2 is 1.97 bits per heavy atom. The first-order valence-corrected chi connectivity index (χ1v) is 11.9. The summed E-state index contributed by atoms with van der Waals surface area (Å²) in [7, 11) is 0. The van der Waals surface area contributed by atoms with Gasteiger partial charge in [-0.1, -0.05) is 24.3 Å². The average Bonchev–Trinajstić information content (AvgIpc) is 3.59. The summed E-state index contributed by atoms with van der Waals surface area (Å²) in [6.45, 7) is 3.36. The number of anilines is 1. The summed E-state index contributed by atoms with van der Waals surface area (Å²) >= 11 is 0. The zero-order chi connectivity index (χ0) is 23.9. The van der Waals surface area contributed by atoms with E-state index in [1.807, 2.05) is 41.1 Å². The van der Waals surface area contributed by atoms with Gasteiger partial charge >= 0.3 is 0 Å². The molecule has 0 aliphatic carbocycles. The van der Waals surface area contributed by atoms with Crippen LogP contribution in [0.15, 0.2) is 59.7 Å². The van der Waals surface area contributed by atoms with Crippen molar-refractivity contribution in [1.29, 1.82) is 0 Å². The zero-order valence-corrected chi connectivity index (χ0v) is 19.4. The molecule has 2 aliphatic heterocycles. The van der Waals surface area contributed by atoms with Gasteiger partial charge in [0.2, 0.25) is 12.3 Å². The van der Waals surface area contributed by atoms with Crippen LogP contribution in [0.3, 0.4) is 0 Å². The van der Waals surface area contributed by atoms with E-state index in [0.29, 0.717) is 30.2 Å². The van der Waals surface area contributed by atoms with Gasteiger partial charge in [0, 0.05) is 43.6 Å². The maximum absolute atomic E-state index is 13.7. The van der Waals surface area contributed by atoms with Crippen molar-refractivity contribution in [2.45, 2.75) is 44.8 Å². The number of nitrogens with one attached hydrogen (secondary N) is 1. The van der Waals surface area contributed by atoms with Gasteiger partial charge in [0.15, 0.2) is 0 Å². The van der Waals surface area contributed by atoms with Crippen molar-refractivity contribution in [2.24, 2.45) is 0 Å². The van der Waals surface area contributed by atoms with Gasteiger partial charge in [-0.15, -0.1) is 0 Å². The zero-order valence-electron chi connectivity index (χ0n) is 19.4. The van der Waals surface area contributed by atoms with Crippen LogP contribution in [0.4, 0.5) is 10.3 Å². The van der Waals surface area contributed by atoms with Crippen molar-refractivity contribution in [3.63, 3.8) is 0 Å². The molecule has 0 bridgehead atoms. The standard InChI is InChI=1S/C26H26FN5O3/c1-16(27)35-24-5-3-2-4-20(24)22-8-10-31-25(33)21-7-6-17(12-23(21)32(22)31)18-13-28-26(29-14-18)30-19-9-11-34-15-19/h2-7,12-14,16,19,22H,8-11,15H2,1H3,(H,28,29,30)/t16?,19-,22+/m1/s1. The quantitative estimate of drug-likeness (QED) is 0.451. The van der Waals surface area contributed by atoms with Gasteiger partial charge in [-0.25, -0.2) is 19.0 Å². The third-order valence-electron chi connectivity index (χ3n) is 6.69. The molecule has 2 aromatic carbocycles. The van der Waals surface area contributed by atoms with Gasteiger partial charge in [0.05, 0.1) is 29.6 Å². The van der Waals surface area contributed by atoms with E-state index in [-0.39, 0.29) is 17.6 Å². The number of benzene rings is 2. The monoisotopic (exact) mass is 475 g/mol. The Hall–Kier alpha value is -3.72. The Morgan fingerprint density at radius 1 is 1.14 bits per heavy atom. The minimum Gasteiger partial charge on any atom is -0.460 e. The molecule has 8 nitrogen and oxygen atoms in total. The topological polar surface area (TPSA) is 83.2 Å². The predicted molar refractivity (Wildman–Crippen MR) is 130 cm³/mol.